The molecule has 0 saturated heterocycles. The van der Waals surface area contributed by atoms with Gasteiger partial charge in [-0.25, -0.2) is 4.98 Å². The van der Waals surface area contributed by atoms with E-state index in [1.807, 2.05) is 18.2 Å². The summed E-state index contributed by atoms with van der Waals surface area (Å²) < 4.78 is 5.91. The van der Waals surface area contributed by atoms with E-state index in [1.165, 1.54) is 24.6 Å². The van der Waals surface area contributed by atoms with Crippen molar-refractivity contribution in [3.8, 4) is 11.6 Å². The number of benzene rings is 1. The summed E-state index contributed by atoms with van der Waals surface area (Å²) in [5.41, 5.74) is 8.77. The fourth-order valence-electron chi connectivity index (χ4n) is 2.78. The van der Waals surface area contributed by atoms with E-state index < -0.39 is 5.91 Å². The Hall–Kier alpha value is -2.62. The molecule has 0 radical (unpaired) electrons. The minimum absolute atomic E-state index is 0.377. The average Bonchev–Trinajstić information content (AvgIpc) is 2.72. The van der Waals surface area contributed by atoms with E-state index in [9.17, 15) is 4.79 Å². The van der Waals surface area contributed by atoms with Gasteiger partial charge in [-0.05, 0) is 48.6 Å². The number of primary amides is 1. The fraction of sp³-hybridized carbons (Fsp3) is 0.300. The Bertz CT molecular complexity index is 794. The van der Waals surface area contributed by atoms with Crippen LogP contribution < -0.4 is 10.5 Å². The van der Waals surface area contributed by atoms with E-state index >= 15 is 0 Å². The molecule has 2 N–H and O–H groups in total. The van der Waals surface area contributed by atoms with Crippen LogP contribution in [0.5, 0.6) is 11.6 Å². The molecule has 2 aromatic rings. The lowest BCUT2D eigenvalue weighted by molar-refractivity contribution is 0.1000. The molecule has 0 bridgehead atoms. The van der Waals surface area contributed by atoms with Crippen molar-refractivity contribution in [2.24, 2.45) is 11.7 Å². The molecule has 0 saturated carbocycles. The zero-order chi connectivity index (χ0) is 17.1. The molecule has 3 rings (SSSR count). The number of hydrogen-bond donors (Lipinski definition) is 1. The van der Waals surface area contributed by atoms with Gasteiger partial charge >= 0.3 is 0 Å². The maximum Gasteiger partial charge on any atom is 0.250 e. The van der Waals surface area contributed by atoms with E-state index in [1.54, 1.807) is 6.07 Å². The second kappa shape index (κ2) is 6.87. The van der Waals surface area contributed by atoms with Crippen LogP contribution in [0.25, 0.3) is 12.2 Å². The summed E-state index contributed by atoms with van der Waals surface area (Å²) in [6, 6.07) is 7.96. The van der Waals surface area contributed by atoms with Gasteiger partial charge in [0, 0.05) is 17.3 Å². The molecule has 4 nitrogen and oxygen atoms in total. The minimum atomic E-state index is -0.493. The molecule has 1 aromatic carbocycles. The van der Waals surface area contributed by atoms with E-state index in [0.29, 0.717) is 11.4 Å². The van der Waals surface area contributed by atoms with Crippen molar-refractivity contribution in [3.63, 3.8) is 0 Å². The molecule has 2 heterocycles. The molecular formula is C20H22N2O2. The molecule has 4 heteroatoms. The van der Waals surface area contributed by atoms with E-state index in [4.69, 9.17) is 10.5 Å². The Labute approximate surface area is 142 Å². The molecule has 124 valence electrons. The molecule has 24 heavy (non-hydrogen) atoms. The molecule has 0 aliphatic carbocycles. The van der Waals surface area contributed by atoms with Crippen LogP contribution in [0.4, 0.5) is 0 Å². The van der Waals surface area contributed by atoms with E-state index in [-0.39, 0.29) is 0 Å². The van der Waals surface area contributed by atoms with Gasteiger partial charge in [-0.15, -0.1) is 0 Å². The molecule has 0 atom stereocenters. The van der Waals surface area contributed by atoms with Gasteiger partial charge in [0.25, 0.3) is 0 Å². The zero-order valence-electron chi connectivity index (χ0n) is 14.1. The van der Waals surface area contributed by atoms with Crippen LogP contribution >= 0.6 is 0 Å². The van der Waals surface area contributed by atoms with Crippen LogP contribution in [0, 0.1) is 5.92 Å². The first kappa shape index (κ1) is 16.2. The van der Waals surface area contributed by atoms with Crippen LogP contribution in [0.2, 0.25) is 0 Å². The molecular weight excluding hydrogens is 300 g/mol. The van der Waals surface area contributed by atoms with Gasteiger partial charge in [0.05, 0.1) is 5.56 Å². The number of amides is 1. The SMILES string of the molecule is CC(C)CCCc1ccc2c(c1)C=Cc1cc(C(N)=O)cnc1O2. The van der Waals surface area contributed by atoms with Crippen LogP contribution in [0.3, 0.4) is 0 Å². The van der Waals surface area contributed by atoms with Gasteiger partial charge in [-0.2, -0.15) is 0 Å². The minimum Gasteiger partial charge on any atom is -0.438 e. The van der Waals surface area contributed by atoms with Gasteiger partial charge in [0.15, 0.2) is 0 Å². The molecule has 1 aliphatic heterocycles. The van der Waals surface area contributed by atoms with Gasteiger partial charge in [-0.1, -0.05) is 32.4 Å². The highest BCUT2D eigenvalue weighted by Gasteiger charge is 2.14. The highest BCUT2D eigenvalue weighted by atomic mass is 16.5. The molecule has 1 aromatic heterocycles. The van der Waals surface area contributed by atoms with E-state index in [2.05, 4.69) is 31.0 Å². The van der Waals surface area contributed by atoms with Crippen molar-refractivity contribution in [2.75, 3.05) is 0 Å². The standard InChI is InChI=1S/C20H22N2O2/c1-13(2)4-3-5-14-6-9-18-15(10-14)7-8-16-11-17(19(21)23)12-22-20(16)24-18/h6-13H,3-5H2,1-2H3,(H2,21,23). The van der Waals surface area contributed by atoms with Gasteiger partial charge in [0.2, 0.25) is 11.8 Å². The first-order valence-electron chi connectivity index (χ1n) is 8.31. The Morgan fingerprint density at radius 2 is 2.00 bits per heavy atom. The molecule has 1 amide bonds. The van der Waals surface area contributed by atoms with E-state index in [0.717, 1.165) is 29.2 Å². The third-order valence-corrected chi connectivity index (χ3v) is 4.13. The number of carbonyl (C=O) groups is 1. The van der Waals surface area contributed by atoms with Crippen molar-refractivity contribution in [1.82, 2.24) is 4.98 Å². The summed E-state index contributed by atoms with van der Waals surface area (Å²) in [7, 11) is 0. The number of rotatable bonds is 5. The maximum atomic E-state index is 11.3. The second-order valence-corrected chi connectivity index (χ2v) is 6.58. The van der Waals surface area contributed by atoms with Crippen molar-refractivity contribution >= 4 is 18.1 Å². The number of nitrogens with two attached hydrogens (primary N) is 1. The lowest BCUT2D eigenvalue weighted by Gasteiger charge is -2.10. The topological polar surface area (TPSA) is 65.2 Å². The third kappa shape index (κ3) is 3.65. The zero-order valence-corrected chi connectivity index (χ0v) is 14.1. The highest BCUT2D eigenvalue weighted by Crippen LogP contribution is 2.33. The summed E-state index contributed by atoms with van der Waals surface area (Å²) in [5, 5.41) is 0. The number of carbonyl (C=O) groups excluding carboxylic acids is 1. The number of aryl methyl sites for hydroxylation is 1. The van der Waals surface area contributed by atoms with Crippen LogP contribution in [-0.4, -0.2) is 10.9 Å². The summed E-state index contributed by atoms with van der Waals surface area (Å²) in [6.45, 7) is 4.50. The van der Waals surface area contributed by atoms with Crippen molar-refractivity contribution in [2.45, 2.75) is 33.1 Å². The summed E-state index contributed by atoms with van der Waals surface area (Å²) >= 11 is 0. The first-order valence-corrected chi connectivity index (χ1v) is 8.31. The van der Waals surface area contributed by atoms with Gasteiger partial charge in [-0.3, -0.25) is 4.79 Å². The Kier molecular flexibility index (Phi) is 4.65. The Morgan fingerprint density at radius 3 is 2.75 bits per heavy atom. The van der Waals surface area contributed by atoms with Gasteiger partial charge < -0.3 is 10.5 Å². The van der Waals surface area contributed by atoms with Crippen molar-refractivity contribution in [1.29, 1.82) is 0 Å². The number of hydrogen-bond acceptors (Lipinski definition) is 3. The summed E-state index contributed by atoms with van der Waals surface area (Å²) in [4.78, 5) is 15.5. The van der Waals surface area contributed by atoms with Crippen molar-refractivity contribution < 1.29 is 9.53 Å². The number of pyridine rings is 1. The average molecular weight is 322 g/mol. The smallest absolute Gasteiger partial charge is 0.250 e. The van der Waals surface area contributed by atoms with Crippen LogP contribution in [-0.2, 0) is 6.42 Å². The monoisotopic (exact) mass is 322 g/mol. The number of aromatic nitrogens is 1. The second-order valence-electron chi connectivity index (χ2n) is 6.58. The molecule has 1 aliphatic rings. The molecule has 0 unspecified atom stereocenters. The van der Waals surface area contributed by atoms with Crippen LogP contribution in [0.1, 0.15) is 53.7 Å². The number of nitrogens with zero attached hydrogens (tertiary/aromatic N) is 1. The lowest BCUT2D eigenvalue weighted by Crippen LogP contribution is -2.11. The third-order valence-electron chi connectivity index (χ3n) is 4.13. The normalized spacial score (nSPS) is 12.3. The quantitative estimate of drug-likeness (QED) is 0.755. The Morgan fingerprint density at radius 1 is 1.21 bits per heavy atom. The van der Waals surface area contributed by atoms with Gasteiger partial charge in [0.1, 0.15) is 5.75 Å². The number of ether oxygens (including phenoxy) is 1. The number of fused-ring (bicyclic) bond motifs is 2. The fourth-order valence-corrected chi connectivity index (χ4v) is 2.78. The predicted octanol–water partition coefficient (Wildman–Crippen LogP) is 4.44. The highest BCUT2D eigenvalue weighted by molar-refractivity contribution is 5.93. The predicted molar refractivity (Wildman–Crippen MR) is 96.0 cm³/mol. The van der Waals surface area contributed by atoms with Crippen molar-refractivity contribution in [3.05, 3.63) is 52.7 Å². The Balaban J connectivity index is 1.84. The van der Waals surface area contributed by atoms with Crippen LogP contribution in [0.15, 0.2) is 30.5 Å². The largest absolute Gasteiger partial charge is 0.438 e. The maximum absolute atomic E-state index is 11.3. The first-order chi connectivity index (χ1) is 11.5. The molecule has 0 spiro atoms. The summed E-state index contributed by atoms with van der Waals surface area (Å²) in [6.07, 6.45) is 8.84. The lowest BCUT2D eigenvalue weighted by atomic mass is 10.0. The summed E-state index contributed by atoms with van der Waals surface area (Å²) in [5.74, 6) is 1.50. The molecule has 0 fully saturated rings.